The molecule has 7 nitrogen and oxygen atoms in total. The minimum absolute atomic E-state index is 0.0658. The molecule has 2 aromatic rings. The summed E-state index contributed by atoms with van der Waals surface area (Å²) in [5.74, 6) is 0.373. The van der Waals surface area contributed by atoms with E-state index in [2.05, 4.69) is 15.9 Å². The lowest BCUT2D eigenvalue weighted by Crippen LogP contribution is -2.22. The lowest BCUT2D eigenvalue weighted by molar-refractivity contribution is 0.0472. The van der Waals surface area contributed by atoms with Gasteiger partial charge in [0.1, 0.15) is 6.61 Å². The Bertz CT molecular complexity index is 975. The number of carbonyl (C=O) groups excluding carboxylic acids is 1. The van der Waals surface area contributed by atoms with Crippen molar-refractivity contribution in [2.24, 2.45) is 0 Å². The maximum absolute atomic E-state index is 12.5. The number of nitrogens with zero attached hydrogens (tertiary/aromatic N) is 1. The molecule has 2 aromatic carbocycles. The highest BCUT2D eigenvalue weighted by atomic mass is 79.9. The summed E-state index contributed by atoms with van der Waals surface area (Å²) in [4.78, 5) is 12.6. The number of halogens is 1. The summed E-state index contributed by atoms with van der Waals surface area (Å²) in [6.07, 6.45) is 0.835. The number of hydrogen-bond acceptors (Lipinski definition) is 6. The predicted octanol–water partition coefficient (Wildman–Crippen LogP) is 3.85. The Kier molecular flexibility index (Phi) is 8.06. The van der Waals surface area contributed by atoms with Gasteiger partial charge in [-0.05, 0) is 52.2 Å². The van der Waals surface area contributed by atoms with Crippen LogP contribution in [-0.4, -0.2) is 46.5 Å². The molecule has 0 aliphatic heterocycles. The molecule has 0 N–H and O–H groups in total. The van der Waals surface area contributed by atoms with Crippen LogP contribution in [0, 0.1) is 0 Å². The molecule has 2 rings (SSSR count). The van der Waals surface area contributed by atoms with Crippen LogP contribution in [0.5, 0.6) is 11.5 Å². The van der Waals surface area contributed by atoms with E-state index in [0.717, 1.165) is 10.7 Å². The Morgan fingerprint density at radius 1 is 1.17 bits per heavy atom. The molecule has 0 bridgehead atoms. The average molecular weight is 486 g/mol. The molecular weight excluding hydrogens is 462 g/mol. The van der Waals surface area contributed by atoms with E-state index < -0.39 is 16.0 Å². The average Bonchev–Trinajstić information content (AvgIpc) is 2.70. The van der Waals surface area contributed by atoms with Gasteiger partial charge >= 0.3 is 5.97 Å². The highest BCUT2D eigenvalue weighted by Gasteiger charge is 2.19. The standard InChI is InChI=1S/C20H24BrNO6S/c1-5-9-27-19-17(21)11-15(12-18(19)26-4)20(23)28-13-14-7-6-8-16(10-14)29(24,25)22(2)3/h6-8,10-12H,5,9,13H2,1-4H3. The van der Waals surface area contributed by atoms with E-state index in [1.54, 1.807) is 24.3 Å². The van der Waals surface area contributed by atoms with Crippen molar-refractivity contribution in [2.75, 3.05) is 27.8 Å². The van der Waals surface area contributed by atoms with Gasteiger partial charge in [-0.1, -0.05) is 19.1 Å². The van der Waals surface area contributed by atoms with Crippen LogP contribution in [0.15, 0.2) is 45.8 Å². The number of benzene rings is 2. The highest BCUT2D eigenvalue weighted by molar-refractivity contribution is 9.10. The molecule has 0 unspecified atom stereocenters. The van der Waals surface area contributed by atoms with E-state index in [1.807, 2.05) is 6.92 Å². The van der Waals surface area contributed by atoms with Gasteiger partial charge in [-0.25, -0.2) is 17.5 Å². The summed E-state index contributed by atoms with van der Waals surface area (Å²) >= 11 is 3.39. The van der Waals surface area contributed by atoms with Crippen molar-refractivity contribution in [2.45, 2.75) is 24.8 Å². The molecular formula is C20H24BrNO6S. The molecule has 0 aromatic heterocycles. The van der Waals surface area contributed by atoms with E-state index in [9.17, 15) is 13.2 Å². The fourth-order valence-electron chi connectivity index (χ4n) is 2.42. The molecule has 0 atom stereocenters. The number of hydrogen-bond donors (Lipinski definition) is 0. The quantitative estimate of drug-likeness (QED) is 0.501. The van der Waals surface area contributed by atoms with Crippen LogP contribution < -0.4 is 9.47 Å². The number of sulfonamides is 1. The second-order valence-corrected chi connectivity index (χ2v) is 9.36. The van der Waals surface area contributed by atoms with E-state index in [1.165, 1.54) is 33.3 Å². The second-order valence-electron chi connectivity index (χ2n) is 6.35. The Morgan fingerprint density at radius 2 is 1.90 bits per heavy atom. The van der Waals surface area contributed by atoms with Crippen LogP contribution in [0.3, 0.4) is 0 Å². The highest BCUT2D eigenvalue weighted by Crippen LogP contribution is 2.37. The topological polar surface area (TPSA) is 82.1 Å². The largest absolute Gasteiger partial charge is 0.493 e. The first kappa shape index (κ1) is 23.2. The maximum Gasteiger partial charge on any atom is 0.338 e. The first-order valence-electron chi connectivity index (χ1n) is 8.89. The Balaban J connectivity index is 2.17. The molecule has 0 saturated heterocycles. The zero-order valence-electron chi connectivity index (χ0n) is 16.8. The number of esters is 1. The van der Waals surface area contributed by atoms with Gasteiger partial charge in [0.15, 0.2) is 11.5 Å². The second kappa shape index (κ2) is 10.1. The first-order chi connectivity index (χ1) is 13.7. The zero-order chi connectivity index (χ0) is 21.6. The van der Waals surface area contributed by atoms with Gasteiger partial charge in [-0.15, -0.1) is 0 Å². The van der Waals surface area contributed by atoms with Crippen molar-refractivity contribution in [3.63, 3.8) is 0 Å². The van der Waals surface area contributed by atoms with Gasteiger partial charge in [0, 0.05) is 14.1 Å². The molecule has 0 spiro atoms. The van der Waals surface area contributed by atoms with Gasteiger partial charge in [-0.2, -0.15) is 0 Å². The first-order valence-corrected chi connectivity index (χ1v) is 11.1. The summed E-state index contributed by atoms with van der Waals surface area (Å²) in [5, 5.41) is 0. The molecule has 9 heteroatoms. The smallest absolute Gasteiger partial charge is 0.338 e. The Hall–Kier alpha value is -2.10. The van der Waals surface area contributed by atoms with E-state index in [4.69, 9.17) is 14.2 Å². The van der Waals surface area contributed by atoms with Gasteiger partial charge in [0.2, 0.25) is 10.0 Å². The van der Waals surface area contributed by atoms with Crippen LogP contribution in [0.2, 0.25) is 0 Å². The van der Waals surface area contributed by atoms with Crippen LogP contribution in [0.25, 0.3) is 0 Å². The third-order valence-corrected chi connectivity index (χ3v) is 6.36. The predicted molar refractivity (Wildman–Crippen MR) is 113 cm³/mol. The minimum Gasteiger partial charge on any atom is -0.493 e. The van der Waals surface area contributed by atoms with Crippen molar-refractivity contribution < 1.29 is 27.4 Å². The molecule has 0 fully saturated rings. The van der Waals surface area contributed by atoms with Gasteiger partial charge in [0.25, 0.3) is 0 Å². The molecule has 158 valence electrons. The molecule has 29 heavy (non-hydrogen) atoms. The number of carbonyl (C=O) groups is 1. The van der Waals surface area contributed by atoms with E-state index in [-0.39, 0.29) is 17.1 Å². The zero-order valence-corrected chi connectivity index (χ0v) is 19.2. The monoisotopic (exact) mass is 485 g/mol. The van der Waals surface area contributed by atoms with Gasteiger partial charge in [0.05, 0.1) is 28.6 Å². The molecule has 0 heterocycles. The normalized spacial score (nSPS) is 11.4. The summed E-state index contributed by atoms with van der Waals surface area (Å²) in [6.45, 7) is 2.44. The van der Waals surface area contributed by atoms with E-state index in [0.29, 0.717) is 28.1 Å². The molecule has 0 radical (unpaired) electrons. The van der Waals surface area contributed by atoms with E-state index >= 15 is 0 Å². The van der Waals surface area contributed by atoms with Crippen LogP contribution in [0.1, 0.15) is 29.3 Å². The van der Waals surface area contributed by atoms with Crippen molar-refractivity contribution in [3.8, 4) is 11.5 Å². The third kappa shape index (κ3) is 5.71. The van der Waals surface area contributed by atoms with Crippen LogP contribution in [0.4, 0.5) is 0 Å². The molecule has 0 aliphatic carbocycles. The molecule has 0 amide bonds. The number of ether oxygens (including phenoxy) is 3. The van der Waals surface area contributed by atoms with Crippen LogP contribution >= 0.6 is 15.9 Å². The minimum atomic E-state index is -3.56. The third-order valence-electron chi connectivity index (χ3n) is 3.96. The van der Waals surface area contributed by atoms with Crippen molar-refractivity contribution in [3.05, 3.63) is 52.0 Å². The summed E-state index contributed by atoms with van der Waals surface area (Å²) in [7, 11) is 0.850. The van der Waals surface area contributed by atoms with Gasteiger partial charge < -0.3 is 14.2 Å². The van der Waals surface area contributed by atoms with Crippen molar-refractivity contribution >= 4 is 31.9 Å². The number of methoxy groups -OCH3 is 1. The fourth-order valence-corrected chi connectivity index (χ4v) is 3.95. The lowest BCUT2D eigenvalue weighted by Gasteiger charge is -2.14. The molecule has 0 saturated carbocycles. The SMILES string of the molecule is CCCOc1c(Br)cc(C(=O)OCc2cccc(S(=O)(=O)N(C)C)c2)cc1OC. The Labute approximate surface area is 179 Å². The lowest BCUT2D eigenvalue weighted by atomic mass is 10.2. The van der Waals surface area contributed by atoms with Gasteiger partial charge in [-0.3, -0.25) is 0 Å². The van der Waals surface area contributed by atoms with Crippen molar-refractivity contribution in [1.29, 1.82) is 0 Å². The number of rotatable bonds is 9. The van der Waals surface area contributed by atoms with Crippen LogP contribution in [-0.2, 0) is 21.4 Å². The molecule has 0 aliphatic rings. The van der Waals surface area contributed by atoms with Crippen molar-refractivity contribution in [1.82, 2.24) is 4.31 Å². The summed E-state index contributed by atoms with van der Waals surface area (Å²) in [5.41, 5.74) is 0.852. The maximum atomic E-state index is 12.5. The Morgan fingerprint density at radius 3 is 2.52 bits per heavy atom. The summed E-state index contributed by atoms with van der Waals surface area (Å²) < 4.78 is 42.5. The summed E-state index contributed by atoms with van der Waals surface area (Å²) in [6, 6.07) is 9.44. The fraction of sp³-hybridized carbons (Fsp3) is 0.350.